The molecular formula is C36H31N. The second-order valence-electron chi connectivity index (χ2n) is 10.6. The molecule has 1 heteroatoms. The van der Waals surface area contributed by atoms with Gasteiger partial charge in [0.2, 0.25) is 0 Å². The van der Waals surface area contributed by atoms with Gasteiger partial charge in [0.1, 0.15) is 0 Å². The minimum atomic E-state index is 0.322. The molecule has 0 radical (unpaired) electrons. The van der Waals surface area contributed by atoms with Crippen LogP contribution in [0.1, 0.15) is 25.3 Å². The van der Waals surface area contributed by atoms with Gasteiger partial charge in [0, 0.05) is 24.1 Å². The minimum Gasteiger partial charge on any atom is -0.381 e. The summed E-state index contributed by atoms with van der Waals surface area (Å²) in [6.07, 6.45) is 20.7. The molecule has 1 aliphatic heterocycles. The third-order valence-electron chi connectivity index (χ3n) is 8.32. The van der Waals surface area contributed by atoms with Crippen molar-refractivity contribution in [1.29, 1.82) is 0 Å². The van der Waals surface area contributed by atoms with Crippen LogP contribution < -0.4 is 15.8 Å². The van der Waals surface area contributed by atoms with Crippen LogP contribution in [-0.4, -0.2) is 6.54 Å². The van der Waals surface area contributed by atoms with Crippen molar-refractivity contribution >= 4 is 21.9 Å². The molecule has 7 rings (SSSR count). The van der Waals surface area contributed by atoms with Gasteiger partial charge in [-0.05, 0) is 74.9 Å². The molecule has 0 amide bonds. The number of rotatable bonds is 3. The van der Waals surface area contributed by atoms with Crippen LogP contribution in [0.2, 0.25) is 0 Å². The standard InChI is InChI=1S/C36H31N/c1-24-17-22-34(37-23-24)26-18-20-27(21-19-26)35-30-12-4-6-14-32(30)36(33-15-7-5-13-31(33)35)29-16-8-10-25-9-2-3-11-28(25)29/h2-18,20,22,30,32,37H,19,21,23H2,1H3. The van der Waals surface area contributed by atoms with E-state index in [0.29, 0.717) is 11.8 Å². The van der Waals surface area contributed by atoms with Crippen LogP contribution in [-0.2, 0) is 0 Å². The van der Waals surface area contributed by atoms with E-state index in [9.17, 15) is 0 Å². The highest BCUT2D eigenvalue weighted by molar-refractivity contribution is 5.96. The summed E-state index contributed by atoms with van der Waals surface area (Å²) in [5.41, 5.74) is 9.86. The maximum absolute atomic E-state index is 3.60. The number of hydrogen-bond acceptors (Lipinski definition) is 1. The number of allylic oxidation sites excluding steroid dienone is 10. The number of fused-ring (bicyclic) bond motifs is 3. The maximum atomic E-state index is 3.60. The van der Waals surface area contributed by atoms with Gasteiger partial charge >= 0.3 is 0 Å². The lowest BCUT2D eigenvalue weighted by atomic mass is 9.68. The summed E-state index contributed by atoms with van der Waals surface area (Å²) in [7, 11) is 0. The molecule has 180 valence electrons. The molecule has 1 N–H and O–H groups in total. The quantitative estimate of drug-likeness (QED) is 0.446. The molecule has 3 aromatic carbocycles. The van der Waals surface area contributed by atoms with Crippen molar-refractivity contribution in [2.45, 2.75) is 19.8 Å². The highest BCUT2D eigenvalue weighted by atomic mass is 14.9. The van der Waals surface area contributed by atoms with Gasteiger partial charge in [-0.25, -0.2) is 0 Å². The van der Waals surface area contributed by atoms with Gasteiger partial charge < -0.3 is 5.32 Å². The lowest BCUT2D eigenvalue weighted by Gasteiger charge is -2.35. The molecule has 1 heterocycles. The van der Waals surface area contributed by atoms with Gasteiger partial charge in [0.05, 0.1) is 0 Å². The fourth-order valence-corrected chi connectivity index (χ4v) is 6.53. The smallest absolute Gasteiger partial charge is 0.0375 e. The predicted molar refractivity (Wildman–Crippen MR) is 156 cm³/mol. The molecule has 0 saturated carbocycles. The molecule has 2 atom stereocenters. The summed E-state index contributed by atoms with van der Waals surface area (Å²) in [6.45, 7) is 3.12. The molecule has 4 aliphatic rings. The van der Waals surface area contributed by atoms with Gasteiger partial charge in [0.15, 0.2) is 0 Å². The van der Waals surface area contributed by atoms with E-state index in [1.54, 1.807) is 0 Å². The van der Waals surface area contributed by atoms with Crippen molar-refractivity contribution in [3.05, 3.63) is 154 Å². The summed E-state index contributed by atoms with van der Waals surface area (Å²) in [5, 5.41) is 9.00. The largest absolute Gasteiger partial charge is 0.381 e. The van der Waals surface area contributed by atoms with Crippen molar-refractivity contribution in [3.8, 4) is 0 Å². The Labute approximate surface area is 218 Å². The first kappa shape index (κ1) is 22.1. The van der Waals surface area contributed by atoms with Crippen LogP contribution in [0.25, 0.3) is 21.9 Å². The maximum Gasteiger partial charge on any atom is 0.0375 e. The molecule has 0 saturated heterocycles. The topological polar surface area (TPSA) is 12.0 Å². The number of benzene rings is 3. The highest BCUT2D eigenvalue weighted by Crippen LogP contribution is 2.43. The molecular weight excluding hydrogens is 446 g/mol. The van der Waals surface area contributed by atoms with E-state index in [0.717, 1.165) is 19.4 Å². The second-order valence-corrected chi connectivity index (χ2v) is 10.6. The molecule has 0 aromatic heterocycles. The number of hydrogen-bond donors (Lipinski definition) is 1. The van der Waals surface area contributed by atoms with E-state index in [1.807, 2.05) is 0 Å². The highest BCUT2D eigenvalue weighted by Gasteiger charge is 2.33. The lowest BCUT2D eigenvalue weighted by molar-refractivity contribution is 0.678. The van der Waals surface area contributed by atoms with Crippen molar-refractivity contribution < 1.29 is 0 Å². The zero-order valence-corrected chi connectivity index (χ0v) is 21.2. The van der Waals surface area contributed by atoms with Crippen LogP contribution in [0.4, 0.5) is 0 Å². The lowest BCUT2D eigenvalue weighted by Crippen LogP contribution is -2.40. The Bertz CT molecular complexity index is 1730. The Hall–Kier alpha value is -4.10. The SMILES string of the molecule is CC1=CC=C(C2=CC=C(C3=c4ccccc4=C(c4cccc5ccccc45)C4C=CC=CC34)CC2)NC1. The van der Waals surface area contributed by atoms with Gasteiger partial charge in [-0.15, -0.1) is 0 Å². The van der Waals surface area contributed by atoms with Crippen LogP contribution >= 0.6 is 0 Å². The van der Waals surface area contributed by atoms with Crippen molar-refractivity contribution in [2.75, 3.05) is 6.54 Å². The summed E-state index contributed by atoms with van der Waals surface area (Å²) in [6, 6.07) is 24.7. The molecule has 0 fully saturated rings. The van der Waals surface area contributed by atoms with E-state index in [-0.39, 0.29) is 0 Å². The summed E-state index contributed by atoms with van der Waals surface area (Å²) < 4.78 is 0. The Morgan fingerprint density at radius 3 is 2.08 bits per heavy atom. The average molecular weight is 478 g/mol. The Morgan fingerprint density at radius 2 is 1.32 bits per heavy atom. The number of nitrogens with one attached hydrogen (secondary N) is 1. The zero-order valence-electron chi connectivity index (χ0n) is 21.2. The van der Waals surface area contributed by atoms with Crippen molar-refractivity contribution in [1.82, 2.24) is 5.32 Å². The Morgan fingerprint density at radius 1 is 0.649 bits per heavy atom. The van der Waals surface area contributed by atoms with E-state index < -0.39 is 0 Å². The number of dihydropyridines is 1. The van der Waals surface area contributed by atoms with Gasteiger partial charge in [-0.2, -0.15) is 0 Å². The Kier molecular flexibility index (Phi) is 5.43. The van der Waals surface area contributed by atoms with E-state index in [2.05, 4.69) is 128 Å². The van der Waals surface area contributed by atoms with Gasteiger partial charge in [-0.1, -0.05) is 115 Å². The fraction of sp³-hybridized carbons (Fsp3) is 0.167. The Balaban J connectivity index is 1.46. The molecule has 0 spiro atoms. The van der Waals surface area contributed by atoms with Crippen LogP contribution in [0.3, 0.4) is 0 Å². The van der Waals surface area contributed by atoms with Crippen LogP contribution in [0.5, 0.6) is 0 Å². The molecule has 2 unspecified atom stereocenters. The first-order valence-corrected chi connectivity index (χ1v) is 13.5. The normalized spacial score (nSPS) is 22.4. The fourth-order valence-electron chi connectivity index (χ4n) is 6.53. The van der Waals surface area contributed by atoms with Gasteiger partial charge in [0.25, 0.3) is 0 Å². The summed E-state index contributed by atoms with van der Waals surface area (Å²) in [5.74, 6) is 0.662. The molecule has 1 nitrogen and oxygen atoms in total. The summed E-state index contributed by atoms with van der Waals surface area (Å²) in [4.78, 5) is 0. The first-order chi connectivity index (χ1) is 18.3. The van der Waals surface area contributed by atoms with Crippen molar-refractivity contribution in [3.63, 3.8) is 0 Å². The minimum absolute atomic E-state index is 0.322. The summed E-state index contributed by atoms with van der Waals surface area (Å²) >= 11 is 0. The van der Waals surface area contributed by atoms with E-state index in [4.69, 9.17) is 0 Å². The monoisotopic (exact) mass is 477 g/mol. The second kappa shape index (κ2) is 9.09. The predicted octanol–water partition coefficient (Wildman–Crippen LogP) is 6.64. The van der Waals surface area contributed by atoms with Crippen LogP contribution in [0, 0.1) is 11.8 Å². The third-order valence-corrected chi connectivity index (χ3v) is 8.32. The average Bonchev–Trinajstić information content (AvgIpc) is 2.96. The van der Waals surface area contributed by atoms with E-state index in [1.165, 1.54) is 60.3 Å². The molecule has 37 heavy (non-hydrogen) atoms. The van der Waals surface area contributed by atoms with Gasteiger partial charge in [-0.3, -0.25) is 0 Å². The van der Waals surface area contributed by atoms with E-state index >= 15 is 0 Å². The zero-order chi connectivity index (χ0) is 24.8. The van der Waals surface area contributed by atoms with Crippen LogP contribution in [0.15, 0.2) is 138 Å². The first-order valence-electron chi connectivity index (χ1n) is 13.5. The van der Waals surface area contributed by atoms with Crippen molar-refractivity contribution in [2.24, 2.45) is 11.8 Å². The molecule has 0 bridgehead atoms. The molecule has 3 aliphatic carbocycles. The molecule has 3 aromatic rings. The third kappa shape index (κ3) is 3.78.